The average molecular weight is 256 g/mol. The first-order valence-electron chi connectivity index (χ1n) is 5.92. The fraction of sp³-hybridized carbons (Fsp3) is 0.462. The van der Waals surface area contributed by atoms with Gasteiger partial charge in [0, 0.05) is 24.5 Å². The van der Waals surface area contributed by atoms with Crippen molar-refractivity contribution in [3.63, 3.8) is 0 Å². The molecule has 0 amide bonds. The van der Waals surface area contributed by atoms with E-state index in [1.165, 1.54) is 6.07 Å². The van der Waals surface area contributed by atoms with E-state index >= 15 is 0 Å². The molecule has 98 valence electrons. The van der Waals surface area contributed by atoms with Crippen LogP contribution in [0.25, 0.3) is 0 Å². The summed E-state index contributed by atoms with van der Waals surface area (Å²) >= 11 is 0. The summed E-state index contributed by atoms with van der Waals surface area (Å²) < 4.78 is 38.0. The Balaban J connectivity index is 2.32. The molecule has 18 heavy (non-hydrogen) atoms. The number of fused-ring (bicyclic) bond motifs is 1. The average Bonchev–Trinajstić information content (AvgIpc) is 2.34. The van der Waals surface area contributed by atoms with Gasteiger partial charge >= 0.3 is 6.18 Å². The predicted molar refractivity (Wildman–Crippen MR) is 63.1 cm³/mol. The zero-order valence-electron chi connectivity index (χ0n) is 9.93. The van der Waals surface area contributed by atoms with Crippen molar-refractivity contribution in [2.24, 2.45) is 0 Å². The van der Waals surface area contributed by atoms with E-state index in [0.29, 0.717) is 12.1 Å². The molecule has 0 fully saturated rings. The first-order valence-corrected chi connectivity index (χ1v) is 5.92. The smallest absolute Gasteiger partial charge is 0.306 e. The van der Waals surface area contributed by atoms with Gasteiger partial charge < -0.3 is 5.32 Å². The molecule has 0 radical (unpaired) electrons. The summed E-state index contributed by atoms with van der Waals surface area (Å²) in [5.41, 5.74) is 0.780. The molecular weight excluding hydrogens is 241 g/mol. The molecule has 1 aliphatic carbocycles. The zero-order valence-corrected chi connectivity index (χ0v) is 9.93. The Hall–Kier alpha value is -1.36. The third-order valence-corrected chi connectivity index (χ3v) is 3.12. The van der Waals surface area contributed by atoms with Crippen LogP contribution < -0.4 is 5.32 Å². The second-order valence-corrected chi connectivity index (χ2v) is 4.40. The topological polar surface area (TPSA) is 24.9 Å². The first-order chi connectivity index (χ1) is 8.52. The molecule has 1 N–H and O–H groups in total. The Morgan fingerprint density at radius 3 is 2.94 bits per heavy atom. The van der Waals surface area contributed by atoms with E-state index in [0.717, 1.165) is 31.2 Å². The fourth-order valence-corrected chi connectivity index (χ4v) is 2.24. The quantitative estimate of drug-likeness (QED) is 0.840. The van der Waals surface area contributed by atoms with E-state index in [1.54, 1.807) is 6.08 Å². The summed E-state index contributed by atoms with van der Waals surface area (Å²) in [7, 11) is 0. The van der Waals surface area contributed by atoms with Gasteiger partial charge in [-0.2, -0.15) is 13.2 Å². The maximum absolute atomic E-state index is 12.7. The SMILES string of the molecule is C=CCN[C@H]1CCCc2ncc(C(F)(F)F)cc21. The molecule has 2 rings (SSSR count). The molecule has 0 saturated carbocycles. The number of pyridine rings is 1. The van der Waals surface area contributed by atoms with E-state index in [2.05, 4.69) is 16.9 Å². The third kappa shape index (κ3) is 2.72. The van der Waals surface area contributed by atoms with Crippen molar-refractivity contribution in [1.82, 2.24) is 10.3 Å². The Bertz CT molecular complexity index is 440. The molecule has 1 aromatic heterocycles. The molecule has 1 atom stereocenters. The summed E-state index contributed by atoms with van der Waals surface area (Å²) in [5.74, 6) is 0. The van der Waals surface area contributed by atoms with Crippen molar-refractivity contribution in [2.75, 3.05) is 6.54 Å². The Morgan fingerprint density at radius 2 is 2.28 bits per heavy atom. The molecule has 1 aliphatic rings. The van der Waals surface area contributed by atoms with Crippen LogP contribution in [0.15, 0.2) is 24.9 Å². The van der Waals surface area contributed by atoms with E-state index in [4.69, 9.17) is 0 Å². The van der Waals surface area contributed by atoms with E-state index in [1.807, 2.05) is 0 Å². The monoisotopic (exact) mass is 256 g/mol. The number of hydrogen-bond donors (Lipinski definition) is 1. The van der Waals surface area contributed by atoms with Crippen molar-refractivity contribution in [3.8, 4) is 0 Å². The molecule has 0 bridgehead atoms. The largest absolute Gasteiger partial charge is 0.417 e. The first kappa shape index (κ1) is 13.1. The molecule has 0 spiro atoms. The summed E-state index contributed by atoms with van der Waals surface area (Å²) in [6.45, 7) is 4.18. The van der Waals surface area contributed by atoms with Crippen LogP contribution in [0.4, 0.5) is 13.2 Å². The van der Waals surface area contributed by atoms with Crippen LogP contribution in [-0.4, -0.2) is 11.5 Å². The lowest BCUT2D eigenvalue weighted by Gasteiger charge is -2.26. The van der Waals surface area contributed by atoms with Gasteiger partial charge in [-0.05, 0) is 30.9 Å². The fourth-order valence-electron chi connectivity index (χ4n) is 2.24. The summed E-state index contributed by atoms with van der Waals surface area (Å²) in [6.07, 6.45) is 0.830. The number of nitrogens with zero attached hydrogens (tertiary/aromatic N) is 1. The number of aromatic nitrogens is 1. The Kier molecular flexibility index (Phi) is 3.71. The highest BCUT2D eigenvalue weighted by Crippen LogP contribution is 2.34. The van der Waals surface area contributed by atoms with Crippen molar-refractivity contribution in [1.29, 1.82) is 0 Å². The molecule has 0 aromatic carbocycles. The van der Waals surface area contributed by atoms with Gasteiger partial charge in [0.15, 0.2) is 0 Å². The highest BCUT2D eigenvalue weighted by Gasteiger charge is 2.33. The second kappa shape index (κ2) is 5.10. The van der Waals surface area contributed by atoms with Gasteiger partial charge in [0.05, 0.1) is 5.56 Å². The maximum atomic E-state index is 12.7. The minimum atomic E-state index is -4.33. The molecule has 2 nitrogen and oxygen atoms in total. The van der Waals surface area contributed by atoms with E-state index in [-0.39, 0.29) is 6.04 Å². The number of hydrogen-bond acceptors (Lipinski definition) is 2. The van der Waals surface area contributed by atoms with E-state index < -0.39 is 11.7 Å². The van der Waals surface area contributed by atoms with Crippen molar-refractivity contribution < 1.29 is 13.2 Å². The maximum Gasteiger partial charge on any atom is 0.417 e. The van der Waals surface area contributed by atoms with Crippen LogP contribution in [0.3, 0.4) is 0 Å². The molecule has 0 saturated heterocycles. The van der Waals surface area contributed by atoms with Crippen molar-refractivity contribution >= 4 is 0 Å². The second-order valence-electron chi connectivity index (χ2n) is 4.40. The Labute approximate surface area is 104 Å². The summed E-state index contributed by atoms with van der Waals surface area (Å²) in [6, 6.07) is 1.17. The van der Waals surface area contributed by atoms with Gasteiger partial charge in [0.1, 0.15) is 0 Å². The minimum Gasteiger partial charge on any atom is -0.306 e. The summed E-state index contributed by atoms with van der Waals surface area (Å²) in [5, 5.41) is 3.18. The van der Waals surface area contributed by atoms with Crippen LogP contribution in [0.2, 0.25) is 0 Å². The van der Waals surface area contributed by atoms with Crippen molar-refractivity contribution in [3.05, 3.63) is 41.7 Å². The molecular formula is C13H15F3N2. The van der Waals surface area contributed by atoms with Crippen molar-refractivity contribution in [2.45, 2.75) is 31.5 Å². The van der Waals surface area contributed by atoms with Gasteiger partial charge in [-0.3, -0.25) is 4.98 Å². The number of nitrogens with one attached hydrogen (secondary N) is 1. The number of aryl methyl sites for hydroxylation is 1. The highest BCUT2D eigenvalue weighted by molar-refractivity contribution is 5.31. The van der Waals surface area contributed by atoms with Crippen LogP contribution in [0.1, 0.15) is 35.7 Å². The van der Waals surface area contributed by atoms with Crippen LogP contribution in [0, 0.1) is 0 Å². The van der Waals surface area contributed by atoms with Gasteiger partial charge in [-0.25, -0.2) is 0 Å². The molecule has 1 aromatic rings. The predicted octanol–water partition coefficient (Wildman–Crippen LogP) is 3.25. The molecule has 5 heteroatoms. The normalized spacial score (nSPS) is 19.4. The standard InChI is InChI=1S/C13H15F3N2/c1-2-6-17-11-4-3-5-12-10(11)7-9(8-18-12)13(14,15)16/h2,7-8,11,17H,1,3-6H2/t11-/m0/s1. The lowest BCUT2D eigenvalue weighted by Crippen LogP contribution is -2.26. The van der Waals surface area contributed by atoms with E-state index in [9.17, 15) is 13.2 Å². The van der Waals surface area contributed by atoms with Crippen LogP contribution in [-0.2, 0) is 12.6 Å². The molecule has 0 unspecified atom stereocenters. The number of rotatable bonds is 3. The lowest BCUT2D eigenvalue weighted by atomic mass is 9.90. The number of halogens is 3. The third-order valence-electron chi connectivity index (χ3n) is 3.12. The lowest BCUT2D eigenvalue weighted by molar-refractivity contribution is -0.137. The van der Waals surface area contributed by atoms with Gasteiger partial charge in [-0.15, -0.1) is 6.58 Å². The zero-order chi connectivity index (χ0) is 13.2. The highest BCUT2D eigenvalue weighted by atomic mass is 19.4. The van der Waals surface area contributed by atoms with Crippen LogP contribution >= 0.6 is 0 Å². The molecule has 1 heterocycles. The van der Waals surface area contributed by atoms with Gasteiger partial charge in [0.25, 0.3) is 0 Å². The number of alkyl halides is 3. The van der Waals surface area contributed by atoms with Crippen LogP contribution in [0.5, 0.6) is 0 Å². The minimum absolute atomic E-state index is 0.0541. The molecule has 0 aliphatic heterocycles. The van der Waals surface area contributed by atoms with Gasteiger partial charge in [-0.1, -0.05) is 6.08 Å². The Morgan fingerprint density at radius 1 is 1.50 bits per heavy atom. The summed E-state index contributed by atoms with van der Waals surface area (Å²) in [4.78, 5) is 3.96. The van der Waals surface area contributed by atoms with Gasteiger partial charge in [0.2, 0.25) is 0 Å².